The van der Waals surface area contributed by atoms with Gasteiger partial charge in [-0.05, 0) is 38.0 Å². The molecular weight excluding hydrogens is 344 g/mol. The zero-order valence-corrected chi connectivity index (χ0v) is 15.9. The van der Waals surface area contributed by atoms with Gasteiger partial charge in [-0.1, -0.05) is 42.5 Å². The van der Waals surface area contributed by atoms with Crippen molar-refractivity contribution in [1.29, 1.82) is 0 Å². The van der Waals surface area contributed by atoms with Gasteiger partial charge in [-0.3, -0.25) is 4.98 Å². The smallest absolute Gasteiger partial charge is 0.141 e. The Morgan fingerprint density at radius 3 is 2.19 bits per heavy atom. The molecule has 1 heterocycles. The SMILES string of the molecule is CC(C)(C)NS(=O)c1ccccc1-c1ccc(-c2cnc(N)cn2)cc1. The normalized spacial score (nSPS) is 12.7. The van der Waals surface area contributed by atoms with Crippen LogP contribution in [0.3, 0.4) is 0 Å². The Hall–Kier alpha value is -2.57. The number of nitrogens with two attached hydrogens (primary N) is 1. The van der Waals surface area contributed by atoms with E-state index in [1.807, 2.05) is 69.3 Å². The molecule has 0 saturated heterocycles. The summed E-state index contributed by atoms with van der Waals surface area (Å²) in [5.74, 6) is 0.396. The average Bonchev–Trinajstić information content (AvgIpc) is 2.61. The number of aromatic nitrogens is 2. The van der Waals surface area contributed by atoms with Crippen LogP contribution < -0.4 is 10.5 Å². The molecule has 0 bridgehead atoms. The Morgan fingerprint density at radius 1 is 0.923 bits per heavy atom. The summed E-state index contributed by atoms with van der Waals surface area (Å²) < 4.78 is 15.9. The van der Waals surface area contributed by atoms with Crippen LogP contribution in [-0.2, 0) is 11.0 Å². The molecule has 5 nitrogen and oxygen atoms in total. The Balaban J connectivity index is 1.92. The minimum atomic E-state index is -1.30. The van der Waals surface area contributed by atoms with Crippen LogP contribution in [-0.4, -0.2) is 19.7 Å². The minimum absolute atomic E-state index is 0.240. The van der Waals surface area contributed by atoms with E-state index in [2.05, 4.69) is 14.7 Å². The molecule has 0 spiro atoms. The second-order valence-electron chi connectivity index (χ2n) is 7.02. The Kier molecular flexibility index (Phi) is 5.15. The van der Waals surface area contributed by atoms with Crippen molar-refractivity contribution in [2.24, 2.45) is 0 Å². The van der Waals surface area contributed by atoms with Crippen LogP contribution in [0.2, 0.25) is 0 Å². The number of rotatable bonds is 4. The topological polar surface area (TPSA) is 80.9 Å². The highest BCUT2D eigenvalue weighted by atomic mass is 32.2. The highest BCUT2D eigenvalue weighted by molar-refractivity contribution is 7.83. The van der Waals surface area contributed by atoms with Crippen LogP contribution in [0.1, 0.15) is 20.8 Å². The first-order valence-electron chi connectivity index (χ1n) is 8.30. The number of hydrogen-bond donors (Lipinski definition) is 2. The lowest BCUT2D eigenvalue weighted by atomic mass is 10.0. The van der Waals surface area contributed by atoms with E-state index in [1.165, 1.54) is 0 Å². The first-order valence-corrected chi connectivity index (χ1v) is 9.45. The van der Waals surface area contributed by atoms with Crippen molar-refractivity contribution < 1.29 is 4.21 Å². The second kappa shape index (κ2) is 7.35. The summed E-state index contributed by atoms with van der Waals surface area (Å²) in [6.45, 7) is 5.99. The molecule has 3 rings (SSSR count). The maximum Gasteiger partial charge on any atom is 0.141 e. The van der Waals surface area contributed by atoms with Crippen molar-refractivity contribution in [1.82, 2.24) is 14.7 Å². The summed E-state index contributed by atoms with van der Waals surface area (Å²) in [6.07, 6.45) is 3.19. The van der Waals surface area contributed by atoms with Crippen LogP contribution in [0, 0.1) is 0 Å². The van der Waals surface area contributed by atoms with E-state index in [1.54, 1.807) is 12.4 Å². The highest BCUT2D eigenvalue weighted by Crippen LogP contribution is 2.28. The van der Waals surface area contributed by atoms with Gasteiger partial charge >= 0.3 is 0 Å². The summed E-state index contributed by atoms with van der Waals surface area (Å²) >= 11 is 0. The maximum atomic E-state index is 12.7. The second-order valence-corrected chi connectivity index (χ2v) is 8.20. The molecule has 3 N–H and O–H groups in total. The van der Waals surface area contributed by atoms with Gasteiger partial charge in [0, 0.05) is 11.1 Å². The lowest BCUT2D eigenvalue weighted by molar-refractivity contribution is 0.520. The summed E-state index contributed by atoms with van der Waals surface area (Å²) in [5.41, 5.74) is 9.00. The van der Waals surface area contributed by atoms with Crippen LogP contribution in [0.15, 0.2) is 65.8 Å². The van der Waals surface area contributed by atoms with Gasteiger partial charge in [0.1, 0.15) is 16.8 Å². The Labute approximate surface area is 156 Å². The Bertz CT molecular complexity index is 916. The summed E-state index contributed by atoms with van der Waals surface area (Å²) in [5, 5.41) is 0. The van der Waals surface area contributed by atoms with Crippen molar-refractivity contribution in [3.63, 3.8) is 0 Å². The van der Waals surface area contributed by atoms with E-state index in [0.29, 0.717) is 5.82 Å². The molecule has 0 fully saturated rings. The molecule has 3 aromatic rings. The highest BCUT2D eigenvalue weighted by Gasteiger charge is 2.17. The molecule has 1 unspecified atom stereocenters. The largest absolute Gasteiger partial charge is 0.382 e. The minimum Gasteiger partial charge on any atom is -0.382 e. The molecule has 0 aliphatic carbocycles. The average molecular weight is 366 g/mol. The van der Waals surface area contributed by atoms with Crippen LogP contribution in [0.5, 0.6) is 0 Å². The van der Waals surface area contributed by atoms with Gasteiger partial charge in [0.15, 0.2) is 0 Å². The fourth-order valence-corrected chi connectivity index (χ4v) is 3.76. The Morgan fingerprint density at radius 2 is 1.58 bits per heavy atom. The van der Waals surface area contributed by atoms with E-state index in [0.717, 1.165) is 27.3 Å². The quantitative estimate of drug-likeness (QED) is 0.736. The summed E-state index contributed by atoms with van der Waals surface area (Å²) in [6, 6.07) is 15.7. The molecule has 1 aromatic heterocycles. The number of nitrogens with zero attached hydrogens (tertiary/aromatic N) is 2. The van der Waals surface area contributed by atoms with Gasteiger partial charge in [0.05, 0.1) is 23.0 Å². The van der Waals surface area contributed by atoms with E-state index in [4.69, 9.17) is 5.73 Å². The van der Waals surface area contributed by atoms with Gasteiger partial charge in [0.25, 0.3) is 0 Å². The fraction of sp³-hybridized carbons (Fsp3) is 0.200. The molecule has 0 aliphatic rings. The molecule has 0 radical (unpaired) electrons. The number of hydrogen-bond acceptors (Lipinski definition) is 4. The third-order valence-corrected chi connectivity index (χ3v) is 5.20. The predicted molar refractivity (Wildman–Crippen MR) is 107 cm³/mol. The van der Waals surface area contributed by atoms with Gasteiger partial charge in [-0.15, -0.1) is 0 Å². The zero-order chi connectivity index (χ0) is 18.7. The summed E-state index contributed by atoms with van der Waals surface area (Å²) in [7, 11) is -1.30. The monoisotopic (exact) mass is 366 g/mol. The fourth-order valence-electron chi connectivity index (χ4n) is 2.51. The van der Waals surface area contributed by atoms with Crippen molar-refractivity contribution in [2.45, 2.75) is 31.2 Å². The van der Waals surface area contributed by atoms with Crippen molar-refractivity contribution >= 4 is 16.8 Å². The van der Waals surface area contributed by atoms with E-state index >= 15 is 0 Å². The molecule has 6 heteroatoms. The third-order valence-electron chi connectivity index (χ3n) is 3.65. The molecule has 1 atom stereocenters. The number of benzene rings is 2. The van der Waals surface area contributed by atoms with Gasteiger partial charge < -0.3 is 5.73 Å². The van der Waals surface area contributed by atoms with Gasteiger partial charge in [0.2, 0.25) is 0 Å². The molecule has 0 amide bonds. The number of nitrogens with one attached hydrogen (secondary N) is 1. The van der Waals surface area contributed by atoms with Crippen molar-refractivity contribution in [3.05, 3.63) is 60.9 Å². The first kappa shape index (κ1) is 18.2. The van der Waals surface area contributed by atoms with Gasteiger partial charge in [-0.2, -0.15) is 0 Å². The lowest BCUT2D eigenvalue weighted by Crippen LogP contribution is -2.37. The molecule has 2 aromatic carbocycles. The van der Waals surface area contributed by atoms with Crippen molar-refractivity contribution in [2.75, 3.05) is 5.73 Å². The maximum absolute atomic E-state index is 12.7. The van der Waals surface area contributed by atoms with Crippen molar-refractivity contribution in [3.8, 4) is 22.4 Å². The first-order chi connectivity index (χ1) is 12.3. The van der Waals surface area contributed by atoms with Crippen LogP contribution >= 0.6 is 0 Å². The molecule has 0 aliphatic heterocycles. The number of anilines is 1. The zero-order valence-electron chi connectivity index (χ0n) is 15.1. The third kappa shape index (κ3) is 4.33. The standard InChI is InChI=1S/C20H22N4OS/c1-20(2,3)24-26(25)18-7-5-4-6-16(18)14-8-10-15(11-9-14)17-12-23-19(21)13-22-17/h4-13,24H,1-3H3,(H2,21,23). The van der Waals surface area contributed by atoms with E-state index < -0.39 is 11.0 Å². The number of nitrogen functional groups attached to an aromatic ring is 1. The summed E-state index contributed by atoms with van der Waals surface area (Å²) in [4.78, 5) is 9.13. The lowest BCUT2D eigenvalue weighted by Gasteiger charge is -2.20. The van der Waals surface area contributed by atoms with E-state index in [9.17, 15) is 4.21 Å². The van der Waals surface area contributed by atoms with Crippen LogP contribution in [0.4, 0.5) is 5.82 Å². The predicted octanol–water partition coefficient (Wildman–Crippen LogP) is 3.80. The van der Waals surface area contributed by atoms with E-state index in [-0.39, 0.29) is 5.54 Å². The van der Waals surface area contributed by atoms with Crippen LogP contribution in [0.25, 0.3) is 22.4 Å². The molecular formula is C20H22N4OS. The molecule has 26 heavy (non-hydrogen) atoms. The van der Waals surface area contributed by atoms with Gasteiger partial charge in [-0.25, -0.2) is 13.9 Å². The molecule has 0 saturated carbocycles. The molecule has 134 valence electrons.